The fraction of sp³-hybridized carbons (Fsp3) is 0.800. The average molecular weight is 206 g/mol. The van der Waals surface area contributed by atoms with Gasteiger partial charge in [-0.05, 0) is 0 Å². The molecule has 0 unspecified atom stereocenters. The molecule has 1 N–H and O–H groups in total. The standard InChI is InChI=1S/C3H6O2S.C2H3F3O/c1-5-3(4)2-6;3-2(4,5)1-6/h6H,2H2,1H3;6H,1H2. The molecular weight excluding hydrogens is 197 g/mol. The van der Waals surface area contributed by atoms with Gasteiger partial charge in [0.15, 0.2) is 0 Å². The summed E-state index contributed by atoms with van der Waals surface area (Å²) in [5.41, 5.74) is 0. The number of methoxy groups -OCH3 is 1. The first kappa shape index (κ1) is 14.1. The SMILES string of the molecule is COC(=O)CS.OCC(F)(F)F. The highest BCUT2D eigenvalue weighted by Gasteiger charge is 2.24. The second-order valence-electron chi connectivity index (χ2n) is 1.51. The van der Waals surface area contributed by atoms with Crippen LogP contribution in [0.15, 0.2) is 0 Å². The van der Waals surface area contributed by atoms with E-state index in [2.05, 4.69) is 17.4 Å². The van der Waals surface area contributed by atoms with Crippen LogP contribution >= 0.6 is 12.6 Å². The molecule has 0 bridgehead atoms. The first-order valence-electron chi connectivity index (χ1n) is 2.72. The minimum absolute atomic E-state index is 0.163. The van der Waals surface area contributed by atoms with Gasteiger partial charge >= 0.3 is 12.1 Å². The molecule has 0 aromatic heterocycles. The lowest BCUT2D eigenvalue weighted by atomic mass is 10.7. The molecular formula is C5H9F3O3S. The van der Waals surface area contributed by atoms with Crippen molar-refractivity contribution in [2.75, 3.05) is 19.5 Å². The summed E-state index contributed by atoms with van der Waals surface area (Å²) in [5, 5.41) is 7.28. The monoisotopic (exact) mass is 206 g/mol. The maximum Gasteiger partial charge on any atom is 0.411 e. The normalized spacial score (nSPS) is 9.83. The molecule has 0 aromatic rings. The maximum absolute atomic E-state index is 10.5. The zero-order valence-electron chi connectivity index (χ0n) is 6.26. The predicted octanol–water partition coefficient (Wildman–Crippen LogP) is 0.630. The molecule has 74 valence electrons. The number of carbonyl (C=O) groups is 1. The Hall–Kier alpha value is -0.430. The first-order chi connectivity index (χ1) is 5.37. The van der Waals surface area contributed by atoms with Gasteiger partial charge in [0.2, 0.25) is 0 Å². The summed E-state index contributed by atoms with van der Waals surface area (Å²) >= 11 is 3.62. The van der Waals surface area contributed by atoms with Gasteiger partial charge in [-0.3, -0.25) is 4.79 Å². The van der Waals surface area contributed by atoms with E-state index in [1.165, 1.54) is 7.11 Å². The molecule has 0 radical (unpaired) electrons. The number of rotatable bonds is 1. The quantitative estimate of drug-likeness (QED) is 0.488. The van der Waals surface area contributed by atoms with Crippen molar-refractivity contribution >= 4 is 18.6 Å². The third-order valence-electron chi connectivity index (χ3n) is 0.536. The summed E-state index contributed by atoms with van der Waals surface area (Å²) in [7, 11) is 1.33. The summed E-state index contributed by atoms with van der Waals surface area (Å²) in [6.07, 6.45) is -4.40. The minimum atomic E-state index is -4.40. The van der Waals surface area contributed by atoms with E-state index in [9.17, 15) is 18.0 Å². The van der Waals surface area contributed by atoms with Gasteiger partial charge in [0.25, 0.3) is 0 Å². The second-order valence-corrected chi connectivity index (χ2v) is 1.82. The van der Waals surface area contributed by atoms with E-state index in [1.54, 1.807) is 0 Å². The van der Waals surface area contributed by atoms with E-state index >= 15 is 0 Å². The van der Waals surface area contributed by atoms with Gasteiger partial charge in [-0.1, -0.05) is 0 Å². The van der Waals surface area contributed by atoms with Crippen molar-refractivity contribution in [1.82, 2.24) is 0 Å². The van der Waals surface area contributed by atoms with Crippen molar-refractivity contribution in [3.8, 4) is 0 Å². The molecule has 0 amide bonds. The summed E-state index contributed by atoms with van der Waals surface area (Å²) in [5.74, 6) is -0.130. The molecule has 0 heterocycles. The van der Waals surface area contributed by atoms with Gasteiger partial charge in [0.1, 0.15) is 6.61 Å². The van der Waals surface area contributed by atoms with Crippen molar-refractivity contribution in [3.63, 3.8) is 0 Å². The van der Waals surface area contributed by atoms with Crippen molar-refractivity contribution in [3.05, 3.63) is 0 Å². The Bertz CT molecular complexity index is 120. The van der Waals surface area contributed by atoms with E-state index in [1.807, 2.05) is 0 Å². The Morgan fingerprint density at radius 2 is 1.92 bits per heavy atom. The molecule has 0 fully saturated rings. The Kier molecular flexibility index (Phi) is 8.51. The molecule has 7 heteroatoms. The van der Waals surface area contributed by atoms with Crippen molar-refractivity contribution < 1.29 is 27.8 Å². The van der Waals surface area contributed by atoms with E-state index in [-0.39, 0.29) is 11.7 Å². The molecule has 0 rings (SSSR count). The molecule has 12 heavy (non-hydrogen) atoms. The highest BCUT2D eigenvalue weighted by Crippen LogP contribution is 2.11. The van der Waals surface area contributed by atoms with Gasteiger partial charge < -0.3 is 9.84 Å². The van der Waals surface area contributed by atoms with Gasteiger partial charge in [0.05, 0.1) is 12.9 Å². The lowest BCUT2D eigenvalue weighted by Crippen LogP contribution is -2.12. The Morgan fingerprint density at radius 3 is 1.92 bits per heavy atom. The molecule has 0 aliphatic rings. The lowest BCUT2D eigenvalue weighted by molar-refractivity contribution is -0.159. The predicted molar refractivity (Wildman–Crippen MR) is 39.0 cm³/mol. The van der Waals surface area contributed by atoms with Crippen LogP contribution < -0.4 is 0 Å². The smallest absolute Gasteiger partial charge is 0.411 e. The summed E-state index contributed by atoms with van der Waals surface area (Å²) in [6, 6.07) is 0. The number of carbonyl (C=O) groups excluding carboxylic acids is 1. The molecule has 0 aliphatic carbocycles. The van der Waals surface area contributed by atoms with Crippen LogP contribution in [0.5, 0.6) is 0 Å². The number of halogens is 3. The van der Waals surface area contributed by atoms with E-state index < -0.39 is 12.8 Å². The van der Waals surface area contributed by atoms with Crippen LogP contribution in [0.4, 0.5) is 13.2 Å². The van der Waals surface area contributed by atoms with E-state index in [0.717, 1.165) is 0 Å². The Balaban J connectivity index is 0. The van der Waals surface area contributed by atoms with Crippen LogP contribution in [0.1, 0.15) is 0 Å². The third-order valence-corrected chi connectivity index (χ3v) is 0.794. The fourth-order valence-corrected chi connectivity index (χ4v) is 0.194. The Labute approximate surface area is 72.9 Å². The first-order valence-corrected chi connectivity index (χ1v) is 3.36. The number of thiol groups is 1. The largest absolute Gasteiger partial charge is 0.468 e. The molecule has 3 nitrogen and oxygen atoms in total. The molecule has 0 aliphatic heterocycles. The van der Waals surface area contributed by atoms with Crippen LogP contribution in [0.25, 0.3) is 0 Å². The van der Waals surface area contributed by atoms with Crippen LogP contribution in [0.2, 0.25) is 0 Å². The molecule has 0 aromatic carbocycles. The Morgan fingerprint density at radius 1 is 1.58 bits per heavy atom. The highest BCUT2D eigenvalue weighted by atomic mass is 32.1. The van der Waals surface area contributed by atoms with Crippen LogP contribution in [-0.4, -0.2) is 36.7 Å². The minimum Gasteiger partial charge on any atom is -0.468 e. The second kappa shape index (κ2) is 7.23. The maximum atomic E-state index is 10.5. The zero-order chi connectivity index (χ0) is 10.2. The van der Waals surface area contributed by atoms with Gasteiger partial charge in [-0.2, -0.15) is 25.8 Å². The van der Waals surface area contributed by atoms with Crippen LogP contribution in [0, 0.1) is 0 Å². The molecule has 0 spiro atoms. The van der Waals surface area contributed by atoms with Gasteiger partial charge in [-0.25, -0.2) is 0 Å². The number of hydrogen-bond acceptors (Lipinski definition) is 4. The summed E-state index contributed by atoms with van der Waals surface area (Å²) in [6.45, 7) is -1.73. The topological polar surface area (TPSA) is 46.5 Å². The average Bonchev–Trinajstić information content (AvgIpc) is 2.03. The number of hydrogen-bond donors (Lipinski definition) is 2. The number of aliphatic hydroxyl groups is 1. The van der Waals surface area contributed by atoms with E-state index in [4.69, 9.17) is 5.11 Å². The van der Waals surface area contributed by atoms with Crippen molar-refractivity contribution in [2.24, 2.45) is 0 Å². The number of esters is 1. The molecule has 0 atom stereocenters. The number of alkyl halides is 3. The highest BCUT2D eigenvalue weighted by molar-refractivity contribution is 7.81. The lowest BCUT2D eigenvalue weighted by Gasteiger charge is -1.95. The molecule has 0 saturated carbocycles. The number of aliphatic hydroxyl groups excluding tert-OH is 1. The number of ether oxygens (including phenoxy) is 1. The zero-order valence-corrected chi connectivity index (χ0v) is 7.15. The third kappa shape index (κ3) is 16.3. The van der Waals surface area contributed by atoms with Gasteiger partial charge in [0, 0.05) is 0 Å². The van der Waals surface area contributed by atoms with Gasteiger partial charge in [-0.15, -0.1) is 0 Å². The summed E-state index contributed by atoms with van der Waals surface area (Å²) < 4.78 is 35.8. The molecule has 0 saturated heterocycles. The summed E-state index contributed by atoms with van der Waals surface area (Å²) in [4.78, 5) is 9.88. The van der Waals surface area contributed by atoms with Crippen molar-refractivity contribution in [1.29, 1.82) is 0 Å². The fourth-order valence-electron chi connectivity index (χ4n) is 0.0645. The van der Waals surface area contributed by atoms with Crippen LogP contribution in [-0.2, 0) is 9.53 Å². The van der Waals surface area contributed by atoms with Crippen LogP contribution in [0.3, 0.4) is 0 Å². The van der Waals surface area contributed by atoms with Crippen molar-refractivity contribution in [2.45, 2.75) is 6.18 Å². The van der Waals surface area contributed by atoms with E-state index in [0.29, 0.717) is 0 Å².